The van der Waals surface area contributed by atoms with Crippen LogP contribution in [-0.2, 0) is 11.0 Å². The molecule has 1 amide bonds. The highest BCUT2D eigenvalue weighted by Gasteiger charge is 2.38. The fourth-order valence-electron chi connectivity index (χ4n) is 2.44. The number of nitrogens with one attached hydrogen (secondary N) is 1. The molecule has 3 heterocycles. The number of nitrogens with zero attached hydrogens (tertiary/aromatic N) is 5. The number of halogens is 3. The SMILES string of the molecule is C[C@@H]1CC(=O)NCCN1c1ccc2nnc(C(F)(F)F)n2n1. The summed E-state index contributed by atoms with van der Waals surface area (Å²) in [6, 6.07) is 2.84. The monoisotopic (exact) mass is 314 g/mol. The van der Waals surface area contributed by atoms with Gasteiger partial charge in [0.2, 0.25) is 5.91 Å². The van der Waals surface area contributed by atoms with Gasteiger partial charge >= 0.3 is 6.18 Å². The van der Waals surface area contributed by atoms with Gasteiger partial charge in [0.25, 0.3) is 5.82 Å². The van der Waals surface area contributed by atoms with Crippen molar-refractivity contribution in [3.8, 4) is 0 Å². The van der Waals surface area contributed by atoms with Gasteiger partial charge in [0.05, 0.1) is 0 Å². The third-order valence-corrected chi connectivity index (χ3v) is 3.48. The second-order valence-corrected chi connectivity index (χ2v) is 5.08. The number of aromatic nitrogens is 4. The Morgan fingerprint density at radius 2 is 2.09 bits per heavy atom. The molecule has 0 spiro atoms. The molecule has 1 aliphatic heterocycles. The van der Waals surface area contributed by atoms with E-state index in [-0.39, 0.29) is 24.0 Å². The molecule has 1 fully saturated rings. The standard InChI is InChI=1S/C12H13F3N6O/c1-7-6-10(22)16-4-5-20(7)9-3-2-8-17-18-11(12(13,14)15)21(8)19-9/h2-3,7H,4-6H2,1H3,(H,16,22)/t7-/m1/s1. The summed E-state index contributed by atoms with van der Waals surface area (Å²) in [6.45, 7) is 2.71. The van der Waals surface area contributed by atoms with E-state index in [9.17, 15) is 18.0 Å². The minimum absolute atomic E-state index is 0.0211. The molecule has 0 radical (unpaired) electrons. The second-order valence-electron chi connectivity index (χ2n) is 5.08. The van der Waals surface area contributed by atoms with Crippen LogP contribution in [0.5, 0.6) is 0 Å². The van der Waals surface area contributed by atoms with Gasteiger partial charge in [0.15, 0.2) is 5.65 Å². The average Bonchev–Trinajstić information content (AvgIpc) is 2.78. The van der Waals surface area contributed by atoms with E-state index in [2.05, 4.69) is 20.6 Å². The molecule has 0 saturated carbocycles. The van der Waals surface area contributed by atoms with E-state index in [1.807, 2.05) is 6.92 Å². The Bertz CT molecular complexity index is 712. The fourth-order valence-corrected chi connectivity index (χ4v) is 2.44. The smallest absolute Gasteiger partial charge is 0.354 e. The third-order valence-electron chi connectivity index (χ3n) is 3.48. The molecule has 118 valence electrons. The van der Waals surface area contributed by atoms with E-state index < -0.39 is 12.0 Å². The zero-order valence-electron chi connectivity index (χ0n) is 11.6. The van der Waals surface area contributed by atoms with Gasteiger partial charge in [-0.2, -0.15) is 17.7 Å². The first-order valence-corrected chi connectivity index (χ1v) is 6.69. The van der Waals surface area contributed by atoms with Gasteiger partial charge in [0.1, 0.15) is 5.82 Å². The molecule has 0 unspecified atom stereocenters. The van der Waals surface area contributed by atoms with E-state index in [4.69, 9.17) is 0 Å². The van der Waals surface area contributed by atoms with Crippen molar-refractivity contribution in [2.24, 2.45) is 0 Å². The van der Waals surface area contributed by atoms with Crippen LogP contribution < -0.4 is 10.2 Å². The topological polar surface area (TPSA) is 75.4 Å². The molecule has 1 atom stereocenters. The van der Waals surface area contributed by atoms with Gasteiger partial charge in [-0.3, -0.25) is 4.79 Å². The summed E-state index contributed by atoms with van der Waals surface area (Å²) in [5.74, 6) is -0.904. The Morgan fingerprint density at radius 3 is 2.82 bits per heavy atom. The molecule has 1 aliphatic rings. The van der Waals surface area contributed by atoms with Gasteiger partial charge in [-0.1, -0.05) is 0 Å². The van der Waals surface area contributed by atoms with Crippen LogP contribution in [0.2, 0.25) is 0 Å². The summed E-state index contributed by atoms with van der Waals surface area (Å²) >= 11 is 0. The Kier molecular flexibility index (Phi) is 3.38. The maximum atomic E-state index is 12.9. The number of rotatable bonds is 1. The van der Waals surface area contributed by atoms with Gasteiger partial charge < -0.3 is 10.2 Å². The van der Waals surface area contributed by atoms with E-state index in [0.717, 1.165) is 0 Å². The normalized spacial score (nSPS) is 20.1. The molecule has 7 nitrogen and oxygen atoms in total. The number of amides is 1. The quantitative estimate of drug-likeness (QED) is 0.845. The summed E-state index contributed by atoms with van der Waals surface area (Å²) < 4.78 is 39.3. The van der Waals surface area contributed by atoms with Crippen molar-refractivity contribution < 1.29 is 18.0 Å². The van der Waals surface area contributed by atoms with Crippen molar-refractivity contribution in [2.75, 3.05) is 18.0 Å². The Balaban J connectivity index is 2.02. The summed E-state index contributed by atoms with van der Waals surface area (Å²) in [5, 5.41) is 13.3. The molecule has 10 heteroatoms. The van der Waals surface area contributed by atoms with Crippen LogP contribution in [0.4, 0.5) is 19.0 Å². The number of alkyl halides is 3. The van der Waals surface area contributed by atoms with Crippen molar-refractivity contribution in [1.82, 2.24) is 25.1 Å². The van der Waals surface area contributed by atoms with Crippen LogP contribution in [0.15, 0.2) is 12.1 Å². The molecule has 0 aliphatic carbocycles. The van der Waals surface area contributed by atoms with Gasteiger partial charge in [-0.05, 0) is 19.1 Å². The zero-order valence-corrected chi connectivity index (χ0v) is 11.6. The van der Waals surface area contributed by atoms with Gasteiger partial charge in [0, 0.05) is 25.6 Å². The van der Waals surface area contributed by atoms with Crippen LogP contribution in [-0.4, -0.2) is 44.8 Å². The van der Waals surface area contributed by atoms with Crippen molar-refractivity contribution in [2.45, 2.75) is 25.6 Å². The molecule has 2 aromatic rings. The Morgan fingerprint density at radius 1 is 1.32 bits per heavy atom. The lowest BCUT2D eigenvalue weighted by Crippen LogP contribution is -2.35. The Hall–Kier alpha value is -2.39. The second kappa shape index (κ2) is 5.11. The number of hydrogen-bond acceptors (Lipinski definition) is 5. The largest absolute Gasteiger partial charge is 0.453 e. The molecule has 1 N–H and O–H groups in total. The first-order valence-electron chi connectivity index (χ1n) is 6.69. The third kappa shape index (κ3) is 2.55. The lowest BCUT2D eigenvalue weighted by atomic mass is 10.2. The molecule has 0 aromatic carbocycles. The highest BCUT2D eigenvalue weighted by Crippen LogP contribution is 2.28. The van der Waals surface area contributed by atoms with Crippen LogP contribution >= 0.6 is 0 Å². The van der Waals surface area contributed by atoms with Crippen LogP contribution in [0.25, 0.3) is 5.65 Å². The van der Waals surface area contributed by atoms with Crippen LogP contribution in [0.3, 0.4) is 0 Å². The first kappa shape index (κ1) is 14.5. The highest BCUT2D eigenvalue weighted by molar-refractivity contribution is 5.77. The van der Waals surface area contributed by atoms with Gasteiger partial charge in [-0.25, -0.2) is 0 Å². The summed E-state index contributed by atoms with van der Waals surface area (Å²) in [5.41, 5.74) is 0.0211. The van der Waals surface area contributed by atoms with Crippen molar-refractivity contribution >= 4 is 17.4 Å². The number of carbonyl (C=O) groups is 1. The summed E-state index contributed by atoms with van der Waals surface area (Å²) in [4.78, 5) is 13.3. The maximum Gasteiger partial charge on any atom is 0.453 e. The maximum absolute atomic E-state index is 12.9. The Labute approximate surface area is 123 Å². The zero-order chi connectivity index (χ0) is 15.9. The molecule has 0 bridgehead atoms. The lowest BCUT2D eigenvalue weighted by molar-refractivity contribution is -0.146. The lowest BCUT2D eigenvalue weighted by Gasteiger charge is -2.27. The number of carbonyl (C=O) groups excluding carboxylic acids is 1. The number of fused-ring (bicyclic) bond motifs is 1. The molecule has 3 rings (SSSR count). The number of anilines is 1. The first-order chi connectivity index (χ1) is 10.4. The summed E-state index contributed by atoms with van der Waals surface area (Å²) in [6.07, 6.45) is -4.37. The highest BCUT2D eigenvalue weighted by atomic mass is 19.4. The molecular formula is C12H13F3N6O. The molecule has 22 heavy (non-hydrogen) atoms. The van der Waals surface area contributed by atoms with Crippen molar-refractivity contribution in [3.63, 3.8) is 0 Å². The van der Waals surface area contributed by atoms with Crippen LogP contribution in [0, 0.1) is 0 Å². The van der Waals surface area contributed by atoms with Crippen molar-refractivity contribution in [1.29, 1.82) is 0 Å². The van der Waals surface area contributed by atoms with Crippen LogP contribution in [0.1, 0.15) is 19.2 Å². The minimum Gasteiger partial charge on any atom is -0.354 e. The van der Waals surface area contributed by atoms with E-state index in [1.54, 1.807) is 11.0 Å². The van der Waals surface area contributed by atoms with E-state index >= 15 is 0 Å². The predicted molar refractivity (Wildman–Crippen MR) is 70.2 cm³/mol. The van der Waals surface area contributed by atoms with Gasteiger partial charge in [-0.15, -0.1) is 15.3 Å². The summed E-state index contributed by atoms with van der Waals surface area (Å²) in [7, 11) is 0. The fraction of sp³-hybridized carbons (Fsp3) is 0.500. The van der Waals surface area contributed by atoms with E-state index in [0.29, 0.717) is 23.4 Å². The average molecular weight is 314 g/mol. The molecular weight excluding hydrogens is 301 g/mol. The molecule has 1 saturated heterocycles. The predicted octanol–water partition coefficient (Wildman–Crippen LogP) is 0.858. The van der Waals surface area contributed by atoms with Crippen molar-refractivity contribution in [3.05, 3.63) is 18.0 Å². The molecule has 2 aromatic heterocycles. The van der Waals surface area contributed by atoms with E-state index in [1.165, 1.54) is 6.07 Å². The number of hydrogen-bond donors (Lipinski definition) is 1. The minimum atomic E-state index is -4.63.